The van der Waals surface area contributed by atoms with Crippen molar-refractivity contribution in [3.05, 3.63) is 50.6 Å². The van der Waals surface area contributed by atoms with Gasteiger partial charge in [-0.15, -0.1) is 0 Å². The first-order valence-electron chi connectivity index (χ1n) is 5.05. The number of hydrogen-bond acceptors (Lipinski definition) is 3. The monoisotopic (exact) mass is 287 g/mol. The normalized spacial score (nSPS) is 12.4. The van der Waals surface area contributed by atoms with E-state index in [4.69, 9.17) is 33.7 Å². The van der Waals surface area contributed by atoms with Crippen LogP contribution in [0.2, 0.25) is 10.0 Å². The average Bonchev–Trinajstić information content (AvgIpc) is 2.85. The Kier molecular flexibility index (Phi) is 4.29. The van der Waals surface area contributed by atoms with Gasteiger partial charge in [-0.1, -0.05) is 29.3 Å². The van der Waals surface area contributed by atoms with Crippen LogP contribution in [0.15, 0.2) is 35.0 Å². The third-order valence-corrected chi connectivity index (χ3v) is 3.82. The van der Waals surface area contributed by atoms with Crippen LogP contribution in [0.4, 0.5) is 0 Å². The van der Waals surface area contributed by atoms with E-state index in [2.05, 4.69) is 0 Å². The Morgan fingerprint density at radius 1 is 1.29 bits per heavy atom. The van der Waals surface area contributed by atoms with Crippen molar-refractivity contribution in [1.82, 2.24) is 0 Å². The lowest BCUT2D eigenvalue weighted by molar-refractivity contribution is 0.215. The van der Waals surface area contributed by atoms with Gasteiger partial charge in [0.1, 0.15) is 16.9 Å². The molecule has 1 unspecified atom stereocenters. The first kappa shape index (κ1) is 12.7. The summed E-state index contributed by atoms with van der Waals surface area (Å²) in [5.41, 5.74) is 6.75. The molecule has 5 heteroatoms. The lowest BCUT2D eigenvalue weighted by Crippen LogP contribution is -2.18. The summed E-state index contributed by atoms with van der Waals surface area (Å²) in [4.78, 5) is 0. The van der Waals surface area contributed by atoms with Gasteiger partial charge in [-0.05, 0) is 29.0 Å². The van der Waals surface area contributed by atoms with Gasteiger partial charge in [0.15, 0.2) is 0 Å². The first-order valence-corrected chi connectivity index (χ1v) is 6.75. The second kappa shape index (κ2) is 5.74. The van der Waals surface area contributed by atoms with Crippen molar-refractivity contribution < 1.29 is 4.74 Å². The van der Waals surface area contributed by atoms with Gasteiger partial charge < -0.3 is 10.5 Å². The molecule has 0 aliphatic carbocycles. The van der Waals surface area contributed by atoms with Gasteiger partial charge in [-0.2, -0.15) is 11.3 Å². The van der Waals surface area contributed by atoms with E-state index >= 15 is 0 Å². The summed E-state index contributed by atoms with van der Waals surface area (Å²) in [5.74, 6) is 0.556. The Bertz CT molecular complexity index is 487. The van der Waals surface area contributed by atoms with Crippen molar-refractivity contribution in [3.8, 4) is 5.75 Å². The van der Waals surface area contributed by atoms with Gasteiger partial charge in [0, 0.05) is 12.1 Å². The number of nitrogens with two attached hydrogens (primary N) is 1. The first-order chi connectivity index (χ1) is 8.22. The highest BCUT2D eigenvalue weighted by atomic mass is 35.5. The molecule has 0 aliphatic heterocycles. The van der Waals surface area contributed by atoms with Crippen LogP contribution in [0.5, 0.6) is 5.75 Å². The molecular weight excluding hydrogens is 277 g/mol. The second-order valence-corrected chi connectivity index (χ2v) is 5.02. The van der Waals surface area contributed by atoms with E-state index in [1.807, 2.05) is 16.8 Å². The average molecular weight is 288 g/mol. The Morgan fingerprint density at radius 3 is 2.76 bits per heavy atom. The molecule has 17 heavy (non-hydrogen) atoms. The maximum absolute atomic E-state index is 6.06. The Hall–Kier alpha value is -0.740. The van der Waals surface area contributed by atoms with Crippen LogP contribution >= 0.6 is 34.5 Å². The third kappa shape index (κ3) is 2.93. The molecule has 1 aromatic heterocycles. The molecule has 1 heterocycles. The molecule has 0 saturated carbocycles. The third-order valence-electron chi connectivity index (χ3n) is 2.31. The molecule has 0 aliphatic rings. The van der Waals surface area contributed by atoms with Crippen molar-refractivity contribution in [2.75, 3.05) is 6.54 Å². The number of rotatable bonds is 4. The van der Waals surface area contributed by atoms with Crippen LogP contribution in [0.25, 0.3) is 0 Å². The lowest BCUT2D eigenvalue weighted by Gasteiger charge is -2.17. The van der Waals surface area contributed by atoms with Gasteiger partial charge in [0.2, 0.25) is 0 Å². The smallest absolute Gasteiger partial charge is 0.140 e. The Morgan fingerprint density at radius 2 is 2.12 bits per heavy atom. The minimum atomic E-state index is -0.197. The minimum absolute atomic E-state index is 0.197. The molecule has 0 saturated heterocycles. The molecule has 0 radical (unpaired) electrons. The van der Waals surface area contributed by atoms with Crippen molar-refractivity contribution in [2.45, 2.75) is 6.10 Å². The zero-order chi connectivity index (χ0) is 12.3. The number of thiophene rings is 1. The predicted octanol–water partition coefficient (Wildman–Crippen LogP) is 4.13. The molecule has 0 bridgehead atoms. The van der Waals surface area contributed by atoms with E-state index in [0.717, 1.165) is 5.56 Å². The van der Waals surface area contributed by atoms with Crippen molar-refractivity contribution in [3.63, 3.8) is 0 Å². The maximum atomic E-state index is 6.06. The molecule has 1 atom stereocenters. The second-order valence-electron chi connectivity index (χ2n) is 3.45. The zero-order valence-corrected chi connectivity index (χ0v) is 11.2. The van der Waals surface area contributed by atoms with Gasteiger partial charge in [0.25, 0.3) is 0 Å². The highest BCUT2D eigenvalue weighted by Crippen LogP contribution is 2.34. The summed E-state index contributed by atoms with van der Waals surface area (Å²) in [6.45, 7) is 0.388. The summed E-state index contributed by atoms with van der Waals surface area (Å²) in [7, 11) is 0. The SMILES string of the molecule is NCC(Oc1cccc(Cl)c1Cl)c1ccsc1. The number of halogens is 2. The highest BCUT2D eigenvalue weighted by molar-refractivity contribution is 7.07. The predicted molar refractivity (Wildman–Crippen MR) is 73.2 cm³/mol. The molecule has 2 aromatic rings. The van der Waals surface area contributed by atoms with E-state index in [1.54, 1.807) is 29.5 Å². The summed E-state index contributed by atoms with van der Waals surface area (Å²) < 4.78 is 5.78. The Labute approximate surface area is 114 Å². The maximum Gasteiger partial charge on any atom is 0.140 e. The van der Waals surface area contributed by atoms with E-state index in [1.165, 1.54) is 0 Å². The Balaban J connectivity index is 2.22. The van der Waals surface area contributed by atoms with E-state index < -0.39 is 0 Å². The number of hydrogen-bond donors (Lipinski definition) is 1. The van der Waals surface area contributed by atoms with Crippen molar-refractivity contribution in [1.29, 1.82) is 0 Å². The van der Waals surface area contributed by atoms with E-state index in [-0.39, 0.29) is 6.10 Å². The van der Waals surface area contributed by atoms with Crippen molar-refractivity contribution >= 4 is 34.5 Å². The van der Waals surface area contributed by atoms with E-state index in [9.17, 15) is 0 Å². The van der Waals surface area contributed by atoms with Crippen LogP contribution in [-0.4, -0.2) is 6.54 Å². The fraction of sp³-hybridized carbons (Fsp3) is 0.167. The molecule has 0 spiro atoms. The molecule has 90 valence electrons. The van der Waals surface area contributed by atoms with Gasteiger partial charge in [-0.25, -0.2) is 0 Å². The number of benzene rings is 1. The summed E-state index contributed by atoms with van der Waals surface area (Å²) in [6.07, 6.45) is -0.197. The summed E-state index contributed by atoms with van der Waals surface area (Å²) in [6, 6.07) is 7.29. The standard InChI is InChI=1S/C12H11Cl2NOS/c13-9-2-1-3-10(12(9)14)16-11(6-15)8-4-5-17-7-8/h1-5,7,11H,6,15H2. The van der Waals surface area contributed by atoms with Gasteiger partial charge in [-0.3, -0.25) is 0 Å². The minimum Gasteiger partial charge on any atom is -0.483 e. The molecule has 2 N–H and O–H groups in total. The molecule has 2 rings (SSSR count). The van der Waals surface area contributed by atoms with Crippen LogP contribution in [-0.2, 0) is 0 Å². The molecular formula is C12H11Cl2NOS. The fourth-order valence-corrected chi connectivity index (χ4v) is 2.48. The van der Waals surface area contributed by atoms with Gasteiger partial charge >= 0.3 is 0 Å². The van der Waals surface area contributed by atoms with Crippen LogP contribution in [0.1, 0.15) is 11.7 Å². The topological polar surface area (TPSA) is 35.2 Å². The fourth-order valence-electron chi connectivity index (χ4n) is 1.44. The van der Waals surface area contributed by atoms with Crippen LogP contribution < -0.4 is 10.5 Å². The largest absolute Gasteiger partial charge is 0.483 e. The summed E-state index contributed by atoms with van der Waals surface area (Å²) >= 11 is 13.6. The molecule has 1 aromatic carbocycles. The summed E-state index contributed by atoms with van der Waals surface area (Å²) in [5, 5.41) is 4.89. The van der Waals surface area contributed by atoms with Crippen molar-refractivity contribution in [2.24, 2.45) is 5.73 Å². The number of ether oxygens (including phenoxy) is 1. The highest BCUT2D eigenvalue weighted by Gasteiger charge is 2.14. The molecule has 2 nitrogen and oxygen atoms in total. The molecule has 0 fully saturated rings. The lowest BCUT2D eigenvalue weighted by atomic mass is 10.2. The van der Waals surface area contributed by atoms with E-state index in [0.29, 0.717) is 22.3 Å². The zero-order valence-electron chi connectivity index (χ0n) is 8.90. The molecule has 0 amide bonds. The quantitative estimate of drug-likeness (QED) is 0.918. The van der Waals surface area contributed by atoms with Crippen LogP contribution in [0, 0.1) is 0 Å². The van der Waals surface area contributed by atoms with Gasteiger partial charge in [0.05, 0.1) is 5.02 Å². The van der Waals surface area contributed by atoms with Crippen LogP contribution in [0.3, 0.4) is 0 Å².